The lowest BCUT2D eigenvalue weighted by atomic mass is 10.1. The molecule has 0 aliphatic heterocycles. The van der Waals surface area contributed by atoms with E-state index >= 15 is 0 Å². The molecule has 3 aromatic rings. The molecule has 0 amide bonds. The zero-order chi connectivity index (χ0) is 18.4. The van der Waals surface area contributed by atoms with E-state index in [9.17, 15) is 0 Å². The van der Waals surface area contributed by atoms with Gasteiger partial charge in [-0.25, -0.2) is 9.98 Å². The lowest BCUT2D eigenvalue weighted by Crippen LogP contribution is -2.38. The van der Waals surface area contributed by atoms with Crippen molar-refractivity contribution in [3.63, 3.8) is 0 Å². The minimum atomic E-state index is 0.609. The molecule has 2 heterocycles. The van der Waals surface area contributed by atoms with Gasteiger partial charge < -0.3 is 15.6 Å². The Balaban J connectivity index is 1.60. The average molecular weight is 370 g/mol. The highest BCUT2D eigenvalue weighted by molar-refractivity contribution is 7.09. The number of fused-ring (bicyclic) bond motifs is 1. The molecule has 0 aliphatic carbocycles. The number of aryl methyl sites for hydroxylation is 2. The number of nitrogens with zero attached hydrogens (tertiary/aromatic N) is 2. The Hall–Kier alpha value is -2.34. The van der Waals surface area contributed by atoms with Gasteiger partial charge in [0.25, 0.3) is 0 Å². The van der Waals surface area contributed by atoms with Crippen molar-refractivity contribution in [3.05, 3.63) is 51.6 Å². The van der Waals surface area contributed by atoms with Crippen molar-refractivity contribution in [2.24, 2.45) is 4.99 Å². The molecular formula is C20H27N5S. The molecule has 0 aliphatic rings. The van der Waals surface area contributed by atoms with Gasteiger partial charge in [0.2, 0.25) is 0 Å². The van der Waals surface area contributed by atoms with Crippen LogP contribution in [0.25, 0.3) is 10.9 Å². The first-order valence-corrected chi connectivity index (χ1v) is 10.1. The highest BCUT2D eigenvalue weighted by Crippen LogP contribution is 2.22. The van der Waals surface area contributed by atoms with Crippen LogP contribution < -0.4 is 10.6 Å². The summed E-state index contributed by atoms with van der Waals surface area (Å²) in [5.41, 5.74) is 4.90. The molecule has 0 unspecified atom stereocenters. The van der Waals surface area contributed by atoms with Crippen LogP contribution in [-0.2, 0) is 19.4 Å². The van der Waals surface area contributed by atoms with Crippen molar-refractivity contribution >= 4 is 28.2 Å². The molecule has 26 heavy (non-hydrogen) atoms. The monoisotopic (exact) mass is 369 g/mol. The van der Waals surface area contributed by atoms with Crippen LogP contribution in [-0.4, -0.2) is 29.0 Å². The molecule has 138 valence electrons. The average Bonchev–Trinajstić information content (AvgIpc) is 3.27. The maximum atomic E-state index is 4.66. The van der Waals surface area contributed by atoms with Crippen molar-refractivity contribution < 1.29 is 0 Å². The van der Waals surface area contributed by atoms with Crippen LogP contribution in [0.2, 0.25) is 0 Å². The van der Waals surface area contributed by atoms with Crippen molar-refractivity contribution in [3.8, 4) is 0 Å². The van der Waals surface area contributed by atoms with Gasteiger partial charge in [0.15, 0.2) is 5.96 Å². The molecule has 0 fully saturated rings. The highest BCUT2D eigenvalue weighted by atomic mass is 32.1. The number of guanidine groups is 1. The third-order valence-electron chi connectivity index (χ3n) is 4.33. The van der Waals surface area contributed by atoms with Crippen molar-refractivity contribution in [2.45, 2.75) is 40.2 Å². The Morgan fingerprint density at radius 2 is 2.15 bits per heavy atom. The van der Waals surface area contributed by atoms with Crippen LogP contribution in [0.1, 0.15) is 35.7 Å². The van der Waals surface area contributed by atoms with Gasteiger partial charge in [-0.3, -0.25) is 0 Å². The number of rotatable bonds is 7. The number of hydrogen-bond donors (Lipinski definition) is 3. The molecule has 3 rings (SSSR count). The molecule has 6 heteroatoms. The molecule has 2 aromatic heterocycles. The van der Waals surface area contributed by atoms with E-state index in [1.54, 1.807) is 11.3 Å². The van der Waals surface area contributed by atoms with Crippen molar-refractivity contribution in [1.29, 1.82) is 0 Å². The second-order valence-electron chi connectivity index (χ2n) is 6.27. The number of H-pyrrole nitrogens is 1. The predicted molar refractivity (Wildman–Crippen MR) is 111 cm³/mol. The van der Waals surface area contributed by atoms with Crippen LogP contribution in [0, 0.1) is 6.92 Å². The quantitative estimate of drug-likeness (QED) is 0.438. The summed E-state index contributed by atoms with van der Waals surface area (Å²) in [5.74, 6) is 0.843. The van der Waals surface area contributed by atoms with Gasteiger partial charge in [-0.2, -0.15) is 0 Å². The Morgan fingerprint density at radius 3 is 2.92 bits per heavy atom. The molecule has 0 spiro atoms. The van der Waals surface area contributed by atoms with E-state index in [2.05, 4.69) is 76.1 Å². The summed E-state index contributed by atoms with van der Waals surface area (Å²) in [6, 6.07) is 6.38. The van der Waals surface area contributed by atoms with E-state index in [4.69, 9.17) is 0 Å². The Kier molecular flexibility index (Phi) is 6.28. The Labute approximate surface area is 159 Å². The number of nitrogens with one attached hydrogen (secondary N) is 3. The lowest BCUT2D eigenvalue weighted by Gasteiger charge is -2.11. The van der Waals surface area contributed by atoms with E-state index in [0.29, 0.717) is 6.54 Å². The number of hydrogen-bond acceptors (Lipinski definition) is 3. The number of thiazole rings is 1. The smallest absolute Gasteiger partial charge is 0.191 e. The molecule has 1 aromatic carbocycles. The van der Waals surface area contributed by atoms with Gasteiger partial charge >= 0.3 is 0 Å². The topological polar surface area (TPSA) is 65.1 Å². The number of aromatic amines is 1. The molecule has 3 N–H and O–H groups in total. The first kappa shape index (κ1) is 18.5. The van der Waals surface area contributed by atoms with Crippen LogP contribution in [0.4, 0.5) is 0 Å². The Bertz CT molecular complexity index is 877. The zero-order valence-electron chi connectivity index (χ0n) is 15.7. The number of benzene rings is 1. The minimum Gasteiger partial charge on any atom is -0.361 e. The summed E-state index contributed by atoms with van der Waals surface area (Å²) in [6.07, 6.45) is 4.05. The van der Waals surface area contributed by atoms with E-state index in [1.807, 2.05) is 0 Å². The first-order valence-electron chi connectivity index (χ1n) is 9.22. The van der Waals surface area contributed by atoms with E-state index in [-0.39, 0.29) is 0 Å². The summed E-state index contributed by atoms with van der Waals surface area (Å²) in [4.78, 5) is 12.6. The van der Waals surface area contributed by atoms with Crippen molar-refractivity contribution in [2.75, 3.05) is 13.1 Å². The SMILES string of the molecule is CCNC(=NCc1csc(CC)n1)NCCc1c[nH]c2cccc(C)c12. The normalized spacial score (nSPS) is 11.9. The molecule has 0 saturated carbocycles. The third kappa shape index (κ3) is 4.43. The second-order valence-corrected chi connectivity index (χ2v) is 7.21. The van der Waals surface area contributed by atoms with E-state index < -0.39 is 0 Å². The summed E-state index contributed by atoms with van der Waals surface area (Å²) in [6.45, 7) is 8.66. The minimum absolute atomic E-state index is 0.609. The van der Waals surface area contributed by atoms with E-state index in [1.165, 1.54) is 27.0 Å². The standard InChI is InChI=1S/C20H27N5S/c1-4-18-25-16(13-26-18)12-24-20(21-5-2)22-10-9-15-11-23-17-8-6-7-14(3)19(15)17/h6-8,11,13,23H,4-5,9-10,12H2,1-3H3,(H2,21,22,24). The molecular weight excluding hydrogens is 342 g/mol. The summed E-state index contributed by atoms with van der Waals surface area (Å²) >= 11 is 1.71. The predicted octanol–water partition coefficient (Wildman–Crippen LogP) is 3.79. The molecule has 0 saturated heterocycles. The van der Waals surface area contributed by atoms with Crippen molar-refractivity contribution in [1.82, 2.24) is 20.6 Å². The molecule has 0 radical (unpaired) electrons. The van der Waals surface area contributed by atoms with Crippen LogP contribution in [0.3, 0.4) is 0 Å². The van der Waals surface area contributed by atoms with Gasteiger partial charge in [-0.05, 0) is 43.9 Å². The van der Waals surface area contributed by atoms with Crippen LogP contribution in [0.5, 0.6) is 0 Å². The molecule has 5 nitrogen and oxygen atoms in total. The van der Waals surface area contributed by atoms with Gasteiger partial charge in [0.05, 0.1) is 17.2 Å². The maximum absolute atomic E-state index is 4.66. The van der Waals surface area contributed by atoms with Gasteiger partial charge in [0.1, 0.15) is 0 Å². The van der Waals surface area contributed by atoms with Gasteiger partial charge in [-0.15, -0.1) is 11.3 Å². The number of aromatic nitrogens is 2. The fourth-order valence-corrected chi connectivity index (χ4v) is 3.79. The highest BCUT2D eigenvalue weighted by Gasteiger charge is 2.06. The Morgan fingerprint density at radius 1 is 1.27 bits per heavy atom. The molecule has 0 bridgehead atoms. The summed E-state index contributed by atoms with van der Waals surface area (Å²) in [5, 5.41) is 11.3. The fourth-order valence-electron chi connectivity index (χ4n) is 3.05. The zero-order valence-corrected chi connectivity index (χ0v) is 16.5. The lowest BCUT2D eigenvalue weighted by molar-refractivity contribution is 0.798. The summed E-state index contributed by atoms with van der Waals surface area (Å²) in [7, 11) is 0. The molecule has 0 atom stereocenters. The first-order chi connectivity index (χ1) is 12.7. The van der Waals surface area contributed by atoms with Crippen LogP contribution >= 0.6 is 11.3 Å². The van der Waals surface area contributed by atoms with Gasteiger partial charge in [0, 0.05) is 35.6 Å². The maximum Gasteiger partial charge on any atom is 0.191 e. The number of aliphatic imine (C=N–C) groups is 1. The largest absolute Gasteiger partial charge is 0.361 e. The third-order valence-corrected chi connectivity index (χ3v) is 5.37. The fraction of sp³-hybridized carbons (Fsp3) is 0.400. The van der Waals surface area contributed by atoms with E-state index in [0.717, 1.165) is 37.6 Å². The van der Waals surface area contributed by atoms with Gasteiger partial charge in [-0.1, -0.05) is 19.1 Å². The van der Waals surface area contributed by atoms with Crippen LogP contribution in [0.15, 0.2) is 34.8 Å². The summed E-state index contributed by atoms with van der Waals surface area (Å²) < 4.78 is 0. The second kappa shape index (κ2) is 8.85.